The van der Waals surface area contributed by atoms with Gasteiger partial charge < -0.3 is 10.0 Å². The van der Waals surface area contributed by atoms with Crippen LogP contribution in [0.1, 0.15) is 49.5 Å². The maximum absolute atomic E-state index is 11.6. The molecule has 3 heterocycles. The number of aromatic nitrogens is 2. The first kappa shape index (κ1) is 14.4. The molecule has 6 heteroatoms. The molecule has 1 aliphatic rings. The molecule has 0 amide bonds. The maximum Gasteiger partial charge on any atom is 0.356 e. The topological polar surface area (TPSA) is 57.8 Å². The number of thiazole rings is 1. The zero-order valence-corrected chi connectivity index (χ0v) is 13.1. The molecule has 1 atom stereocenters. The van der Waals surface area contributed by atoms with Crippen LogP contribution in [0.5, 0.6) is 0 Å². The number of hydrogen-bond acceptors (Lipinski definition) is 4. The summed E-state index contributed by atoms with van der Waals surface area (Å²) in [7, 11) is 0. The number of carboxylic acids is 1. The Morgan fingerprint density at radius 1 is 1.48 bits per heavy atom. The monoisotopic (exact) mass is 307 g/mol. The summed E-state index contributed by atoms with van der Waals surface area (Å²) in [5, 5.41) is 11.4. The molecule has 0 aromatic carbocycles. The standard InChI is InChI=1S/C15H21N3O2S/c1-2-4-11-5-3-7-17(8-6-11)13-12(14(19)20)18-9-10-21-15(18)16-13/h9-11H,2-8H2,1H3,(H,19,20). The fourth-order valence-corrected chi connectivity index (χ4v) is 3.98. The number of carbonyl (C=O) groups is 1. The molecular weight excluding hydrogens is 286 g/mol. The summed E-state index contributed by atoms with van der Waals surface area (Å²) in [5.41, 5.74) is 0.306. The molecular formula is C15H21N3O2S. The van der Waals surface area contributed by atoms with Crippen LogP contribution >= 0.6 is 11.3 Å². The highest BCUT2D eigenvalue weighted by Crippen LogP contribution is 2.29. The fraction of sp³-hybridized carbons (Fsp3) is 0.600. The van der Waals surface area contributed by atoms with Gasteiger partial charge in [-0.05, 0) is 25.2 Å². The van der Waals surface area contributed by atoms with Crippen molar-refractivity contribution in [3.05, 3.63) is 17.3 Å². The van der Waals surface area contributed by atoms with Crippen molar-refractivity contribution in [3.8, 4) is 0 Å². The largest absolute Gasteiger partial charge is 0.476 e. The van der Waals surface area contributed by atoms with Crippen molar-refractivity contribution < 1.29 is 9.90 Å². The Morgan fingerprint density at radius 2 is 2.33 bits per heavy atom. The fourth-order valence-electron chi connectivity index (χ4n) is 3.27. The van der Waals surface area contributed by atoms with Crippen LogP contribution in [-0.4, -0.2) is 33.6 Å². The second-order valence-corrected chi connectivity index (χ2v) is 6.59. The van der Waals surface area contributed by atoms with Gasteiger partial charge in [0.1, 0.15) is 0 Å². The van der Waals surface area contributed by atoms with E-state index in [9.17, 15) is 9.90 Å². The molecule has 0 saturated carbocycles. The zero-order chi connectivity index (χ0) is 14.8. The van der Waals surface area contributed by atoms with Gasteiger partial charge in [-0.1, -0.05) is 19.8 Å². The number of aromatic carboxylic acids is 1. The maximum atomic E-state index is 11.6. The molecule has 21 heavy (non-hydrogen) atoms. The number of hydrogen-bond donors (Lipinski definition) is 1. The van der Waals surface area contributed by atoms with Crippen LogP contribution in [0, 0.1) is 5.92 Å². The first-order chi connectivity index (χ1) is 10.2. The number of rotatable bonds is 4. The van der Waals surface area contributed by atoms with Gasteiger partial charge in [0.05, 0.1) is 0 Å². The average Bonchev–Trinajstić information content (AvgIpc) is 2.94. The lowest BCUT2D eigenvalue weighted by molar-refractivity contribution is 0.0690. The molecule has 2 aromatic heterocycles. The van der Waals surface area contributed by atoms with Crippen LogP contribution in [0.3, 0.4) is 0 Å². The summed E-state index contributed by atoms with van der Waals surface area (Å²) in [6.45, 7) is 4.05. The zero-order valence-electron chi connectivity index (χ0n) is 12.3. The third-order valence-corrected chi connectivity index (χ3v) is 5.05. The van der Waals surface area contributed by atoms with Gasteiger partial charge in [0.15, 0.2) is 16.5 Å². The Kier molecular flexibility index (Phi) is 4.14. The minimum atomic E-state index is -0.898. The molecule has 5 nitrogen and oxygen atoms in total. The van der Waals surface area contributed by atoms with E-state index in [1.807, 2.05) is 5.38 Å². The molecule has 1 unspecified atom stereocenters. The predicted molar refractivity (Wildman–Crippen MR) is 84.5 cm³/mol. The van der Waals surface area contributed by atoms with Crippen molar-refractivity contribution in [2.24, 2.45) is 5.92 Å². The Labute approximate surface area is 128 Å². The van der Waals surface area contributed by atoms with E-state index < -0.39 is 5.97 Å². The molecule has 1 saturated heterocycles. The summed E-state index contributed by atoms with van der Waals surface area (Å²) >= 11 is 1.48. The van der Waals surface area contributed by atoms with Crippen LogP contribution in [0.15, 0.2) is 11.6 Å². The molecule has 0 radical (unpaired) electrons. The van der Waals surface area contributed by atoms with E-state index in [4.69, 9.17) is 0 Å². The molecule has 3 rings (SSSR count). The van der Waals surface area contributed by atoms with E-state index >= 15 is 0 Å². The van der Waals surface area contributed by atoms with E-state index in [0.29, 0.717) is 11.5 Å². The second kappa shape index (κ2) is 6.05. The molecule has 2 aromatic rings. The van der Waals surface area contributed by atoms with Gasteiger partial charge in [0.2, 0.25) is 0 Å². The number of fused-ring (bicyclic) bond motifs is 1. The highest BCUT2D eigenvalue weighted by Gasteiger charge is 2.26. The predicted octanol–water partition coefficient (Wildman–Crippen LogP) is 3.50. The van der Waals surface area contributed by atoms with Crippen molar-refractivity contribution in [3.63, 3.8) is 0 Å². The van der Waals surface area contributed by atoms with Crippen LogP contribution in [-0.2, 0) is 0 Å². The Hall–Kier alpha value is -1.56. The molecule has 114 valence electrons. The highest BCUT2D eigenvalue weighted by molar-refractivity contribution is 7.15. The molecule has 1 aliphatic heterocycles. The molecule has 0 bridgehead atoms. The van der Waals surface area contributed by atoms with Crippen molar-refractivity contribution in [1.82, 2.24) is 9.38 Å². The Morgan fingerprint density at radius 3 is 3.10 bits per heavy atom. The minimum Gasteiger partial charge on any atom is -0.476 e. The summed E-state index contributed by atoms with van der Waals surface area (Å²) in [5.74, 6) is 0.522. The molecule has 0 aliphatic carbocycles. The van der Waals surface area contributed by atoms with Gasteiger partial charge in [-0.25, -0.2) is 9.78 Å². The quantitative estimate of drug-likeness (QED) is 0.939. The van der Waals surface area contributed by atoms with E-state index in [0.717, 1.165) is 36.8 Å². The Bertz CT molecular complexity index is 634. The number of anilines is 1. The van der Waals surface area contributed by atoms with E-state index in [2.05, 4.69) is 16.8 Å². The van der Waals surface area contributed by atoms with Crippen molar-refractivity contribution in [2.45, 2.75) is 39.0 Å². The smallest absolute Gasteiger partial charge is 0.356 e. The van der Waals surface area contributed by atoms with Crippen molar-refractivity contribution in [2.75, 3.05) is 18.0 Å². The summed E-state index contributed by atoms with van der Waals surface area (Å²) < 4.78 is 1.69. The second-order valence-electron chi connectivity index (χ2n) is 5.72. The first-order valence-corrected chi connectivity index (χ1v) is 8.52. The third-order valence-electron chi connectivity index (χ3n) is 4.29. The average molecular weight is 307 g/mol. The van der Waals surface area contributed by atoms with Gasteiger partial charge in [0.25, 0.3) is 0 Å². The summed E-state index contributed by atoms with van der Waals surface area (Å²) in [6, 6.07) is 0. The van der Waals surface area contributed by atoms with Gasteiger partial charge in [-0.3, -0.25) is 4.40 Å². The minimum absolute atomic E-state index is 0.306. The van der Waals surface area contributed by atoms with Crippen LogP contribution < -0.4 is 4.90 Å². The molecule has 1 fully saturated rings. The lowest BCUT2D eigenvalue weighted by Gasteiger charge is -2.21. The van der Waals surface area contributed by atoms with Crippen LogP contribution in [0.25, 0.3) is 4.96 Å². The van der Waals surface area contributed by atoms with Crippen molar-refractivity contribution >= 4 is 28.1 Å². The lowest BCUT2D eigenvalue weighted by atomic mass is 9.96. The highest BCUT2D eigenvalue weighted by atomic mass is 32.1. The van der Waals surface area contributed by atoms with E-state index in [1.165, 1.54) is 30.6 Å². The van der Waals surface area contributed by atoms with E-state index in [1.54, 1.807) is 10.6 Å². The Balaban J connectivity index is 1.87. The van der Waals surface area contributed by atoms with Gasteiger partial charge in [0, 0.05) is 24.7 Å². The van der Waals surface area contributed by atoms with E-state index in [-0.39, 0.29) is 0 Å². The lowest BCUT2D eigenvalue weighted by Crippen LogP contribution is -2.26. The summed E-state index contributed by atoms with van der Waals surface area (Å²) in [6.07, 6.45) is 7.79. The van der Waals surface area contributed by atoms with Gasteiger partial charge in [-0.2, -0.15) is 0 Å². The van der Waals surface area contributed by atoms with Crippen LogP contribution in [0.4, 0.5) is 5.82 Å². The van der Waals surface area contributed by atoms with Crippen molar-refractivity contribution in [1.29, 1.82) is 0 Å². The van der Waals surface area contributed by atoms with Gasteiger partial charge >= 0.3 is 5.97 Å². The first-order valence-electron chi connectivity index (χ1n) is 7.64. The summed E-state index contributed by atoms with van der Waals surface area (Å²) in [4.78, 5) is 19.1. The number of nitrogens with zero attached hydrogens (tertiary/aromatic N) is 3. The van der Waals surface area contributed by atoms with Crippen LogP contribution in [0.2, 0.25) is 0 Å². The SMILES string of the molecule is CCCC1CCCN(c2nc3sccn3c2C(=O)O)CC1. The third kappa shape index (κ3) is 2.77. The molecule has 0 spiro atoms. The number of carboxylic acid groups (broad SMARTS) is 1. The molecule has 1 N–H and O–H groups in total. The van der Waals surface area contributed by atoms with Gasteiger partial charge in [-0.15, -0.1) is 11.3 Å². The normalized spacial score (nSPS) is 19.9. The number of imidazole rings is 1.